The number of carboxylic acids is 1. The Morgan fingerprint density at radius 3 is 2.21 bits per heavy atom. The number of carbonyl (C=O) groups excluding carboxylic acids is 2. The van der Waals surface area contributed by atoms with Gasteiger partial charge in [-0.15, -0.1) is 0 Å². The normalized spacial score (nSPS) is 19.6. The molecule has 6 heteroatoms. The summed E-state index contributed by atoms with van der Waals surface area (Å²) in [6.45, 7) is 0. The van der Waals surface area contributed by atoms with Gasteiger partial charge in [0.05, 0.1) is 18.3 Å². The van der Waals surface area contributed by atoms with E-state index in [9.17, 15) is 19.5 Å². The molecule has 2 atom stereocenters. The fraction of sp³-hybridized carbons (Fsp3) is 0.389. The van der Waals surface area contributed by atoms with Crippen LogP contribution in [0.2, 0.25) is 0 Å². The van der Waals surface area contributed by atoms with Gasteiger partial charge in [-0.25, -0.2) is 0 Å². The van der Waals surface area contributed by atoms with Gasteiger partial charge in [-0.3, -0.25) is 14.4 Å². The number of carbonyl (C=O) groups is 3. The van der Waals surface area contributed by atoms with Gasteiger partial charge in [0.15, 0.2) is 0 Å². The molecule has 0 heterocycles. The highest BCUT2D eigenvalue weighted by Crippen LogP contribution is 2.27. The molecular weight excluding hydrogens is 308 g/mol. The molecule has 0 saturated heterocycles. The highest BCUT2D eigenvalue weighted by atomic mass is 16.4. The maximum Gasteiger partial charge on any atom is 0.307 e. The molecule has 0 unspecified atom stereocenters. The Bertz CT molecular complexity index is 649. The Hall–Kier alpha value is -2.63. The summed E-state index contributed by atoms with van der Waals surface area (Å²) in [5, 5.41) is 12.0. The molecule has 0 aliphatic heterocycles. The summed E-state index contributed by atoms with van der Waals surface area (Å²) >= 11 is 0. The number of hydrogen-bond acceptors (Lipinski definition) is 3. The van der Waals surface area contributed by atoms with Crippen molar-refractivity contribution in [2.24, 2.45) is 11.8 Å². The standard InChI is InChI=1S/C18H22N2O4/c1-20(2)16(21)11-12-7-9-13(10-8-12)19-17(22)14-5-3-4-6-15(14)18(23)24/h3-4,7-10,14-15H,5-6,11H2,1-2H3,(H,19,22)(H,23,24)/t14-,15+/m0/s1. The first-order valence-electron chi connectivity index (χ1n) is 7.86. The molecule has 0 fully saturated rings. The van der Waals surface area contributed by atoms with E-state index in [4.69, 9.17) is 0 Å². The van der Waals surface area contributed by atoms with E-state index in [1.165, 1.54) is 4.90 Å². The topological polar surface area (TPSA) is 86.7 Å². The lowest BCUT2D eigenvalue weighted by molar-refractivity contribution is -0.146. The van der Waals surface area contributed by atoms with Crippen LogP contribution in [-0.4, -0.2) is 41.9 Å². The summed E-state index contributed by atoms with van der Waals surface area (Å²) < 4.78 is 0. The van der Waals surface area contributed by atoms with E-state index in [1.54, 1.807) is 44.4 Å². The molecule has 0 saturated carbocycles. The minimum absolute atomic E-state index is 0.00470. The highest BCUT2D eigenvalue weighted by molar-refractivity contribution is 5.95. The van der Waals surface area contributed by atoms with E-state index < -0.39 is 17.8 Å². The fourth-order valence-corrected chi connectivity index (χ4v) is 2.65. The van der Waals surface area contributed by atoms with Gasteiger partial charge in [0.1, 0.15) is 0 Å². The van der Waals surface area contributed by atoms with Crippen molar-refractivity contribution >= 4 is 23.5 Å². The van der Waals surface area contributed by atoms with E-state index >= 15 is 0 Å². The van der Waals surface area contributed by atoms with Crippen LogP contribution in [0, 0.1) is 11.8 Å². The Morgan fingerprint density at radius 2 is 1.67 bits per heavy atom. The molecule has 1 aliphatic rings. The first kappa shape index (κ1) is 17.7. The van der Waals surface area contributed by atoms with Crippen LogP contribution in [0.5, 0.6) is 0 Å². The van der Waals surface area contributed by atoms with Crippen LogP contribution >= 0.6 is 0 Å². The van der Waals surface area contributed by atoms with E-state index in [-0.39, 0.29) is 11.8 Å². The third-order valence-corrected chi connectivity index (χ3v) is 4.16. The Balaban J connectivity index is 2.00. The van der Waals surface area contributed by atoms with Crippen LogP contribution < -0.4 is 5.32 Å². The van der Waals surface area contributed by atoms with Crippen LogP contribution in [0.3, 0.4) is 0 Å². The van der Waals surface area contributed by atoms with Gasteiger partial charge in [0.25, 0.3) is 0 Å². The number of likely N-dealkylation sites (N-methyl/N-ethyl adjacent to an activating group) is 1. The second kappa shape index (κ2) is 7.77. The van der Waals surface area contributed by atoms with Crippen LogP contribution in [0.1, 0.15) is 18.4 Å². The maximum atomic E-state index is 12.4. The number of amides is 2. The van der Waals surface area contributed by atoms with Crippen molar-refractivity contribution < 1.29 is 19.5 Å². The molecule has 2 N–H and O–H groups in total. The first-order valence-corrected chi connectivity index (χ1v) is 7.86. The Morgan fingerprint density at radius 1 is 1.08 bits per heavy atom. The number of nitrogens with one attached hydrogen (secondary N) is 1. The van der Waals surface area contributed by atoms with Gasteiger partial charge in [0.2, 0.25) is 11.8 Å². The average molecular weight is 330 g/mol. The largest absolute Gasteiger partial charge is 0.481 e. The van der Waals surface area contributed by atoms with Crippen molar-refractivity contribution in [3.8, 4) is 0 Å². The van der Waals surface area contributed by atoms with Crippen LogP contribution in [0.4, 0.5) is 5.69 Å². The minimum Gasteiger partial charge on any atom is -0.481 e. The third kappa shape index (κ3) is 4.44. The summed E-state index contributed by atoms with van der Waals surface area (Å²) in [5.74, 6) is -2.49. The fourth-order valence-electron chi connectivity index (χ4n) is 2.65. The molecule has 0 aromatic heterocycles. The highest BCUT2D eigenvalue weighted by Gasteiger charge is 2.33. The first-order chi connectivity index (χ1) is 11.4. The van der Waals surface area contributed by atoms with Crippen molar-refractivity contribution in [2.75, 3.05) is 19.4 Å². The number of nitrogens with zero attached hydrogens (tertiary/aromatic N) is 1. The second-order valence-corrected chi connectivity index (χ2v) is 6.15. The van der Waals surface area contributed by atoms with E-state index in [0.717, 1.165) is 5.56 Å². The SMILES string of the molecule is CN(C)C(=O)Cc1ccc(NC(=O)[C@H]2CC=CC[C@H]2C(=O)O)cc1. The molecule has 1 aromatic carbocycles. The van der Waals surface area contributed by atoms with Crippen molar-refractivity contribution in [2.45, 2.75) is 19.3 Å². The lowest BCUT2D eigenvalue weighted by Crippen LogP contribution is -2.34. The quantitative estimate of drug-likeness (QED) is 0.808. The smallest absolute Gasteiger partial charge is 0.307 e. The molecule has 2 amide bonds. The van der Waals surface area contributed by atoms with Gasteiger partial charge < -0.3 is 15.3 Å². The second-order valence-electron chi connectivity index (χ2n) is 6.15. The zero-order valence-electron chi connectivity index (χ0n) is 13.9. The zero-order chi connectivity index (χ0) is 17.7. The average Bonchev–Trinajstić information content (AvgIpc) is 2.56. The van der Waals surface area contributed by atoms with E-state index in [2.05, 4.69) is 5.32 Å². The predicted molar refractivity (Wildman–Crippen MR) is 90.5 cm³/mol. The Labute approximate surface area is 141 Å². The lowest BCUT2D eigenvalue weighted by atomic mass is 9.82. The van der Waals surface area contributed by atoms with Crippen LogP contribution in [-0.2, 0) is 20.8 Å². The molecule has 6 nitrogen and oxygen atoms in total. The zero-order valence-corrected chi connectivity index (χ0v) is 13.9. The van der Waals surface area contributed by atoms with Crippen LogP contribution in [0.15, 0.2) is 36.4 Å². The molecule has 128 valence electrons. The third-order valence-electron chi connectivity index (χ3n) is 4.16. The van der Waals surface area contributed by atoms with Crippen molar-refractivity contribution in [3.63, 3.8) is 0 Å². The number of rotatable bonds is 5. The lowest BCUT2D eigenvalue weighted by Gasteiger charge is -2.24. The minimum atomic E-state index is -0.947. The molecule has 1 aliphatic carbocycles. The maximum absolute atomic E-state index is 12.4. The summed E-state index contributed by atoms with van der Waals surface area (Å²) in [6.07, 6.45) is 4.76. The molecule has 24 heavy (non-hydrogen) atoms. The number of allylic oxidation sites excluding steroid dienone is 2. The number of carboxylic acid groups (broad SMARTS) is 1. The molecular formula is C18H22N2O4. The summed E-state index contributed by atoms with van der Waals surface area (Å²) in [5.41, 5.74) is 1.45. The predicted octanol–water partition coefficient (Wildman–Crippen LogP) is 1.92. The van der Waals surface area contributed by atoms with Gasteiger partial charge in [-0.2, -0.15) is 0 Å². The number of aliphatic carboxylic acids is 1. The molecule has 2 rings (SSSR count). The van der Waals surface area contributed by atoms with E-state index in [1.807, 2.05) is 6.08 Å². The summed E-state index contributed by atoms with van der Waals surface area (Å²) in [6, 6.07) is 7.02. The van der Waals surface area contributed by atoms with E-state index in [0.29, 0.717) is 24.9 Å². The number of anilines is 1. The molecule has 0 bridgehead atoms. The summed E-state index contributed by atoms with van der Waals surface area (Å²) in [7, 11) is 3.41. The van der Waals surface area contributed by atoms with Gasteiger partial charge >= 0.3 is 5.97 Å². The summed E-state index contributed by atoms with van der Waals surface area (Å²) in [4.78, 5) is 36.8. The van der Waals surface area contributed by atoms with Crippen LogP contribution in [0.25, 0.3) is 0 Å². The van der Waals surface area contributed by atoms with Crippen molar-refractivity contribution in [1.29, 1.82) is 0 Å². The molecule has 0 radical (unpaired) electrons. The monoisotopic (exact) mass is 330 g/mol. The van der Waals surface area contributed by atoms with Gasteiger partial charge in [-0.1, -0.05) is 24.3 Å². The number of hydrogen-bond donors (Lipinski definition) is 2. The molecule has 0 spiro atoms. The Kier molecular flexibility index (Phi) is 5.73. The van der Waals surface area contributed by atoms with Gasteiger partial charge in [0, 0.05) is 19.8 Å². The van der Waals surface area contributed by atoms with Crippen molar-refractivity contribution in [3.05, 3.63) is 42.0 Å². The molecule has 1 aromatic rings. The van der Waals surface area contributed by atoms with Gasteiger partial charge in [-0.05, 0) is 30.5 Å². The van der Waals surface area contributed by atoms with Crippen molar-refractivity contribution in [1.82, 2.24) is 4.90 Å². The number of benzene rings is 1.